The maximum absolute atomic E-state index is 9.51. The average Bonchev–Trinajstić information content (AvgIpc) is 2.20. The van der Waals surface area contributed by atoms with Crippen LogP contribution in [0.4, 0.5) is 0 Å². The Morgan fingerprint density at radius 3 is 2.33 bits per heavy atom. The summed E-state index contributed by atoms with van der Waals surface area (Å²) in [5.74, 6) is 0.447. The Bertz CT molecular complexity index is 260. The van der Waals surface area contributed by atoms with Crippen molar-refractivity contribution in [3.05, 3.63) is 29.8 Å². The van der Waals surface area contributed by atoms with Crippen LogP contribution in [0.2, 0.25) is 0 Å². The third kappa shape index (κ3) is 5.94. The second-order valence-corrected chi connectivity index (χ2v) is 3.79. The summed E-state index contributed by atoms with van der Waals surface area (Å²) in [5.41, 5.74) is 1.09. The Labute approximate surface area is 106 Å². The molecular formula is C13H20OZn. The molecule has 0 saturated heterocycles. The summed E-state index contributed by atoms with van der Waals surface area (Å²) in [6, 6.07) is 7.63. The minimum Gasteiger partial charge on any atom is -0.508 e. The molecule has 0 aliphatic heterocycles. The molecule has 0 amide bonds. The van der Waals surface area contributed by atoms with E-state index < -0.39 is 0 Å². The van der Waals surface area contributed by atoms with Crippen LogP contribution in [0.3, 0.4) is 0 Å². The average molecular weight is 258 g/mol. The van der Waals surface area contributed by atoms with E-state index in [1.54, 1.807) is 6.07 Å². The number of hydrogen-bond acceptors (Lipinski definition) is 1. The van der Waals surface area contributed by atoms with Crippen molar-refractivity contribution in [2.45, 2.75) is 45.4 Å². The van der Waals surface area contributed by atoms with Gasteiger partial charge in [-0.3, -0.25) is 0 Å². The van der Waals surface area contributed by atoms with Crippen LogP contribution < -0.4 is 0 Å². The first-order chi connectivity index (χ1) is 6.84. The summed E-state index contributed by atoms with van der Waals surface area (Å²) in [6.07, 6.45) is 7.43. The molecule has 1 nitrogen and oxygen atoms in total. The van der Waals surface area contributed by atoms with Crippen LogP contribution in [0.15, 0.2) is 24.3 Å². The number of benzene rings is 1. The maximum atomic E-state index is 9.51. The molecule has 0 bridgehead atoms. The molecular weight excluding hydrogens is 238 g/mol. The van der Waals surface area contributed by atoms with E-state index >= 15 is 0 Å². The number of phenols is 1. The van der Waals surface area contributed by atoms with Crippen molar-refractivity contribution in [1.29, 1.82) is 0 Å². The smallest absolute Gasteiger partial charge is 0.118 e. The number of hydrogen-bond donors (Lipinski definition) is 1. The van der Waals surface area contributed by atoms with E-state index in [0.717, 1.165) is 12.0 Å². The van der Waals surface area contributed by atoms with Gasteiger partial charge in [-0.25, -0.2) is 0 Å². The van der Waals surface area contributed by atoms with Crippen molar-refractivity contribution in [2.75, 3.05) is 0 Å². The van der Waals surface area contributed by atoms with Gasteiger partial charge >= 0.3 is 0 Å². The normalized spacial score (nSPS) is 9.67. The number of unbranched alkanes of at least 4 members (excludes halogenated alkanes) is 4. The van der Waals surface area contributed by atoms with Crippen molar-refractivity contribution < 1.29 is 24.6 Å². The first-order valence-electron chi connectivity index (χ1n) is 5.61. The summed E-state index contributed by atoms with van der Waals surface area (Å²) >= 11 is 0. The van der Waals surface area contributed by atoms with Crippen LogP contribution in [0, 0.1) is 0 Å². The second-order valence-electron chi connectivity index (χ2n) is 3.79. The van der Waals surface area contributed by atoms with Crippen molar-refractivity contribution in [3.8, 4) is 5.75 Å². The fourth-order valence-corrected chi connectivity index (χ4v) is 1.64. The van der Waals surface area contributed by atoms with Crippen LogP contribution in [-0.4, -0.2) is 5.11 Å². The molecule has 0 spiro atoms. The predicted octanol–water partition coefficient (Wildman–Crippen LogP) is 3.90. The Balaban J connectivity index is 0.00000196. The Hall–Kier alpha value is -0.357. The van der Waals surface area contributed by atoms with Gasteiger partial charge < -0.3 is 5.11 Å². The molecule has 0 unspecified atom stereocenters. The van der Waals surface area contributed by atoms with Gasteiger partial charge in [0.2, 0.25) is 0 Å². The topological polar surface area (TPSA) is 20.2 Å². The standard InChI is InChI=1S/C13H20O.Zn/c1-2-3-4-5-6-9-12-10-7-8-11-13(12)14;/h7-8,10-11,14H,2-6,9H2,1H3;. The third-order valence-electron chi connectivity index (χ3n) is 2.54. The Kier molecular flexibility index (Phi) is 8.70. The van der Waals surface area contributed by atoms with Gasteiger partial charge in [0.15, 0.2) is 0 Å². The van der Waals surface area contributed by atoms with Gasteiger partial charge in [-0.15, -0.1) is 0 Å². The van der Waals surface area contributed by atoms with E-state index in [4.69, 9.17) is 0 Å². The molecule has 1 aromatic rings. The van der Waals surface area contributed by atoms with E-state index in [9.17, 15) is 5.11 Å². The van der Waals surface area contributed by atoms with Crippen molar-refractivity contribution in [3.63, 3.8) is 0 Å². The predicted molar refractivity (Wildman–Crippen MR) is 60.6 cm³/mol. The van der Waals surface area contributed by atoms with Gasteiger partial charge in [0.25, 0.3) is 0 Å². The first-order valence-corrected chi connectivity index (χ1v) is 5.61. The molecule has 0 aromatic heterocycles. The van der Waals surface area contributed by atoms with Crippen molar-refractivity contribution in [1.82, 2.24) is 0 Å². The first kappa shape index (κ1) is 14.6. The van der Waals surface area contributed by atoms with Gasteiger partial charge in [0, 0.05) is 19.5 Å². The van der Waals surface area contributed by atoms with Crippen molar-refractivity contribution >= 4 is 0 Å². The molecule has 1 rings (SSSR count). The van der Waals surface area contributed by atoms with E-state index in [0.29, 0.717) is 5.75 Å². The van der Waals surface area contributed by atoms with Crippen LogP contribution >= 0.6 is 0 Å². The second kappa shape index (κ2) is 8.91. The fourth-order valence-electron chi connectivity index (χ4n) is 1.64. The number of rotatable bonds is 6. The largest absolute Gasteiger partial charge is 0.508 e. The van der Waals surface area contributed by atoms with Crippen LogP contribution in [0.25, 0.3) is 0 Å². The molecule has 1 aromatic carbocycles. The van der Waals surface area contributed by atoms with E-state index in [1.807, 2.05) is 18.2 Å². The van der Waals surface area contributed by atoms with E-state index in [2.05, 4.69) is 6.92 Å². The summed E-state index contributed by atoms with van der Waals surface area (Å²) in [6.45, 7) is 2.23. The van der Waals surface area contributed by atoms with E-state index in [-0.39, 0.29) is 19.5 Å². The summed E-state index contributed by atoms with van der Waals surface area (Å²) in [7, 11) is 0. The molecule has 0 heterocycles. The van der Waals surface area contributed by atoms with E-state index in [1.165, 1.54) is 32.1 Å². The minimum absolute atomic E-state index is 0. The third-order valence-corrected chi connectivity index (χ3v) is 2.54. The Morgan fingerprint density at radius 2 is 1.67 bits per heavy atom. The summed E-state index contributed by atoms with van der Waals surface area (Å²) < 4.78 is 0. The molecule has 0 aliphatic rings. The Morgan fingerprint density at radius 1 is 1.00 bits per heavy atom. The number of para-hydroxylation sites is 1. The van der Waals surface area contributed by atoms with Gasteiger partial charge in [-0.05, 0) is 24.5 Å². The maximum Gasteiger partial charge on any atom is 0.118 e. The molecule has 80 valence electrons. The van der Waals surface area contributed by atoms with Gasteiger partial charge in [0.05, 0.1) is 0 Å². The molecule has 0 aliphatic carbocycles. The SMILES string of the molecule is CCCCCCCc1ccccc1O.[Zn]. The fraction of sp³-hybridized carbons (Fsp3) is 0.538. The molecule has 2 heteroatoms. The van der Waals surface area contributed by atoms with Gasteiger partial charge in [-0.1, -0.05) is 50.8 Å². The number of phenolic OH excluding ortho intramolecular Hbond substituents is 1. The van der Waals surface area contributed by atoms with Crippen LogP contribution in [0.5, 0.6) is 5.75 Å². The van der Waals surface area contributed by atoms with Crippen molar-refractivity contribution in [2.24, 2.45) is 0 Å². The van der Waals surface area contributed by atoms with Crippen LogP contribution in [-0.2, 0) is 25.9 Å². The number of aromatic hydroxyl groups is 1. The molecule has 1 N–H and O–H groups in total. The molecule has 15 heavy (non-hydrogen) atoms. The zero-order chi connectivity index (χ0) is 10.2. The quantitative estimate of drug-likeness (QED) is 0.605. The zero-order valence-corrected chi connectivity index (χ0v) is 12.7. The van der Waals surface area contributed by atoms with Gasteiger partial charge in [-0.2, -0.15) is 0 Å². The van der Waals surface area contributed by atoms with Crippen LogP contribution in [0.1, 0.15) is 44.6 Å². The molecule has 0 fully saturated rings. The summed E-state index contributed by atoms with van der Waals surface area (Å²) in [5, 5.41) is 9.51. The monoisotopic (exact) mass is 256 g/mol. The summed E-state index contributed by atoms with van der Waals surface area (Å²) in [4.78, 5) is 0. The molecule has 0 radical (unpaired) electrons. The number of aryl methyl sites for hydroxylation is 1. The van der Waals surface area contributed by atoms with Gasteiger partial charge in [0.1, 0.15) is 5.75 Å². The zero-order valence-electron chi connectivity index (χ0n) is 9.71. The molecule has 0 saturated carbocycles. The minimum atomic E-state index is 0. The molecule has 0 atom stereocenters.